The molecule has 0 saturated carbocycles. The van der Waals surface area contributed by atoms with Gasteiger partial charge in [-0.25, -0.2) is 13.9 Å². The molecule has 0 spiro atoms. The van der Waals surface area contributed by atoms with Crippen LogP contribution in [0.4, 0.5) is 10.3 Å². The largest absolute Gasteiger partial charge is 0.342 e. The molecule has 0 aliphatic heterocycles. The predicted molar refractivity (Wildman–Crippen MR) is 71.7 cm³/mol. The zero-order chi connectivity index (χ0) is 13.5. The molecule has 3 aromatic rings. The third kappa shape index (κ3) is 2.28. The summed E-state index contributed by atoms with van der Waals surface area (Å²) >= 11 is 1.56. The van der Waals surface area contributed by atoms with Crippen LogP contribution in [-0.2, 0) is 5.54 Å². The summed E-state index contributed by atoms with van der Waals surface area (Å²) in [7, 11) is 0. The van der Waals surface area contributed by atoms with Crippen molar-refractivity contribution >= 4 is 22.9 Å². The summed E-state index contributed by atoms with van der Waals surface area (Å²) in [5, 5.41) is 10.3. The molecule has 0 unspecified atom stereocenters. The maximum Gasteiger partial charge on any atom is 0.243 e. The molecule has 19 heavy (non-hydrogen) atoms. The van der Waals surface area contributed by atoms with E-state index in [2.05, 4.69) is 20.4 Å². The first-order chi connectivity index (χ1) is 9.04. The van der Waals surface area contributed by atoms with Crippen LogP contribution < -0.4 is 5.32 Å². The highest BCUT2D eigenvalue weighted by Gasteiger charge is 2.24. The molecule has 3 rings (SSSR count). The molecular weight excluding hydrogens is 265 g/mol. The second kappa shape index (κ2) is 4.27. The lowest BCUT2D eigenvalue weighted by Crippen LogP contribution is -2.28. The van der Waals surface area contributed by atoms with Crippen molar-refractivity contribution in [1.29, 1.82) is 0 Å². The van der Waals surface area contributed by atoms with Crippen LogP contribution in [0.5, 0.6) is 0 Å². The van der Waals surface area contributed by atoms with E-state index in [1.165, 1.54) is 16.8 Å². The molecule has 0 saturated heterocycles. The van der Waals surface area contributed by atoms with E-state index < -0.39 is 0 Å². The summed E-state index contributed by atoms with van der Waals surface area (Å²) in [5.41, 5.74) is 0.219. The molecule has 7 heteroatoms. The van der Waals surface area contributed by atoms with Gasteiger partial charge in [0.15, 0.2) is 5.65 Å². The summed E-state index contributed by atoms with van der Waals surface area (Å²) in [6.07, 6.45) is 3.06. The molecule has 0 fully saturated rings. The second-order valence-electron chi connectivity index (χ2n) is 4.67. The molecule has 3 aromatic heterocycles. The molecule has 0 radical (unpaired) electrons. The average molecular weight is 277 g/mol. The third-order valence-electron chi connectivity index (χ3n) is 2.69. The standard InChI is InChI=1S/C12H12FN5S/c1-12(2,10-14-5-6-19-10)16-11-15-9-4-3-8(13)7-18(9)17-11/h3-7H,1-2H3,(H,16,17). The molecule has 0 aromatic carbocycles. The average Bonchev–Trinajstić information content (AvgIpc) is 2.95. The van der Waals surface area contributed by atoms with Crippen molar-refractivity contribution in [1.82, 2.24) is 19.6 Å². The van der Waals surface area contributed by atoms with Gasteiger partial charge >= 0.3 is 0 Å². The minimum absolute atomic E-state index is 0.344. The Morgan fingerprint density at radius 3 is 2.95 bits per heavy atom. The zero-order valence-corrected chi connectivity index (χ0v) is 11.3. The summed E-state index contributed by atoms with van der Waals surface area (Å²) in [5.74, 6) is 0.105. The maximum absolute atomic E-state index is 13.1. The lowest BCUT2D eigenvalue weighted by Gasteiger charge is -2.22. The first-order valence-electron chi connectivity index (χ1n) is 5.75. The number of nitrogens with one attached hydrogen (secondary N) is 1. The van der Waals surface area contributed by atoms with Gasteiger partial charge in [-0.2, -0.15) is 4.98 Å². The predicted octanol–water partition coefficient (Wildman–Crippen LogP) is 2.67. The summed E-state index contributed by atoms with van der Waals surface area (Å²) < 4.78 is 14.5. The Labute approximate surface area is 113 Å². The number of hydrogen-bond acceptors (Lipinski definition) is 5. The van der Waals surface area contributed by atoms with Crippen molar-refractivity contribution in [3.8, 4) is 0 Å². The highest BCUT2D eigenvalue weighted by atomic mass is 32.1. The molecular formula is C12H12FN5S. The Balaban J connectivity index is 1.93. The van der Waals surface area contributed by atoms with E-state index >= 15 is 0 Å². The number of halogens is 1. The van der Waals surface area contributed by atoms with Gasteiger partial charge in [0.25, 0.3) is 0 Å². The number of nitrogens with zero attached hydrogens (tertiary/aromatic N) is 4. The fourth-order valence-corrected chi connectivity index (χ4v) is 2.49. The highest BCUT2D eigenvalue weighted by Crippen LogP contribution is 2.25. The minimum Gasteiger partial charge on any atom is -0.342 e. The quantitative estimate of drug-likeness (QED) is 0.799. The Morgan fingerprint density at radius 2 is 2.21 bits per heavy atom. The van der Waals surface area contributed by atoms with Crippen LogP contribution in [0.1, 0.15) is 18.9 Å². The van der Waals surface area contributed by atoms with Crippen LogP contribution in [0, 0.1) is 5.82 Å². The van der Waals surface area contributed by atoms with Gasteiger partial charge in [-0.3, -0.25) is 0 Å². The van der Waals surface area contributed by atoms with Crippen LogP contribution in [0.25, 0.3) is 5.65 Å². The lowest BCUT2D eigenvalue weighted by atomic mass is 10.1. The SMILES string of the molecule is CC(C)(Nc1nc2ccc(F)cn2n1)c1nccs1. The molecule has 0 amide bonds. The molecule has 0 aliphatic carbocycles. The molecule has 0 aliphatic rings. The Morgan fingerprint density at radius 1 is 1.37 bits per heavy atom. The van der Waals surface area contributed by atoms with Crippen molar-refractivity contribution in [2.75, 3.05) is 5.32 Å². The van der Waals surface area contributed by atoms with Crippen molar-refractivity contribution in [2.45, 2.75) is 19.4 Å². The molecule has 0 atom stereocenters. The normalized spacial score (nSPS) is 11.9. The highest BCUT2D eigenvalue weighted by molar-refractivity contribution is 7.09. The number of fused-ring (bicyclic) bond motifs is 1. The van der Waals surface area contributed by atoms with E-state index in [0.717, 1.165) is 5.01 Å². The van der Waals surface area contributed by atoms with E-state index in [1.54, 1.807) is 23.6 Å². The fraction of sp³-hybridized carbons (Fsp3) is 0.250. The first kappa shape index (κ1) is 12.0. The lowest BCUT2D eigenvalue weighted by molar-refractivity contribution is 0.595. The smallest absolute Gasteiger partial charge is 0.243 e. The zero-order valence-electron chi connectivity index (χ0n) is 10.5. The number of rotatable bonds is 3. The third-order valence-corrected chi connectivity index (χ3v) is 3.78. The second-order valence-corrected chi connectivity index (χ2v) is 5.57. The van der Waals surface area contributed by atoms with Crippen LogP contribution in [0.15, 0.2) is 29.9 Å². The van der Waals surface area contributed by atoms with Gasteiger partial charge in [-0.05, 0) is 26.0 Å². The van der Waals surface area contributed by atoms with Crippen molar-refractivity contribution in [2.24, 2.45) is 0 Å². The van der Waals surface area contributed by atoms with Gasteiger partial charge in [0.2, 0.25) is 5.95 Å². The van der Waals surface area contributed by atoms with Crippen molar-refractivity contribution in [3.05, 3.63) is 40.7 Å². The van der Waals surface area contributed by atoms with Crippen LogP contribution in [-0.4, -0.2) is 19.6 Å². The molecule has 5 nitrogen and oxygen atoms in total. The monoisotopic (exact) mass is 277 g/mol. The van der Waals surface area contributed by atoms with E-state index in [0.29, 0.717) is 11.6 Å². The molecule has 1 N–H and O–H groups in total. The fourth-order valence-electron chi connectivity index (χ4n) is 1.78. The van der Waals surface area contributed by atoms with Crippen LogP contribution in [0.2, 0.25) is 0 Å². The summed E-state index contributed by atoms with van der Waals surface area (Å²) in [6, 6.07) is 2.95. The summed E-state index contributed by atoms with van der Waals surface area (Å²) in [6.45, 7) is 4.00. The van der Waals surface area contributed by atoms with E-state index in [1.807, 2.05) is 19.2 Å². The van der Waals surface area contributed by atoms with E-state index in [-0.39, 0.29) is 11.4 Å². The number of hydrogen-bond donors (Lipinski definition) is 1. The van der Waals surface area contributed by atoms with Gasteiger partial charge in [0.1, 0.15) is 10.8 Å². The Hall–Kier alpha value is -2.02. The van der Waals surface area contributed by atoms with E-state index in [4.69, 9.17) is 0 Å². The minimum atomic E-state index is -0.377. The number of pyridine rings is 1. The van der Waals surface area contributed by atoms with Gasteiger partial charge in [0.05, 0.1) is 11.7 Å². The van der Waals surface area contributed by atoms with E-state index in [9.17, 15) is 4.39 Å². The van der Waals surface area contributed by atoms with Crippen molar-refractivity contribution in [3.63, 3.8) is 0 Å². The number of anilines is 1. The molecule has 3 heterocycles. The number of thiazole rings is 1. The van der Waals surface area contributed by atoms with Gasteiger partial charge in [-0.15, -0.1) is 16.4 Å². The molecule has 0 bridgehead atoms. The van der Waals surface area contributed by atoms with Gasteiger partial charge < -0.3 is 5.32 Å². The molecule has 98 valence electrons. The maximum atomic E-state index is 13.1. The van der Waals surface area contributed by atoms with Crippen LogP contribution in [0.3, 0.4) is 0 Å². The summed E-state index contributed by atoms with van der Waals surface area (Å²) in [4.78, 5) is 8.59. The first-order valence-corrected chi connectivity index (χ1v) is 6.63. The van der Waals surface area contributed by atoms with Gasteiger partial charge in [-0.1, -0.05) is 0 Å². The van der Waals surface area contributed by atoms with Crippen LogP contribution >= 0.6 is 11.3 Å². The van der Waals surface area contributed by atoms with Gasteiger partial charge in [0, 0.05) is 11.6 Å². The Kier molecular flexibility index (Phi) is 2.70. The van der Waals surface area contributed by atoms with Crippen molar-refractivity contribution < 1.29 is 4.39 Å². The topological polar surface area (TPSA) is 55.1 Å². The Bertz CT molecular complexity index is 704. The number of aromatic nitrogens is 4.